The van der Waals surface area contributed by atoms with E-state index in [1.165, 1.54) is 70.0 Å². The van der Waals surface area contributed by atoms with E-state index in [-0.39, 0.29) is 0 Å². The number of aryl methyl sites for hydroxylation is 1. The summed E-state index contributed by atoms with van der Waals surface area (Å²) in [6.07, 6.45) is 10.7. The summed E-state index contributed by atoms with van der Waals surface area (Å²) in [5.74, 6) is 0.877. The molecule has 0 saturated carbocycles. The minimum absolute atomic E-state index is 0.784. The minimum Gasteiger partial charge on any atom is -0.300 e. The Balaban J connectivity index is 1.27. The molecule has 1 nitrogen and oxygen atoms in total. The van der Waals surface area contributed by atoms with Gasteiger partial charge in [0.2, 0.25) is 0 Å². The second-order valence-electron chi connectivity index (χ2n) is 8.07. The zero-order valence-corrected chi connectivity index (χ0v) is 15.4. The van der Waals surface area contributed by atoms with E-state index in [1.54, 1.807) is 11.1 Å². The van der Waals surface area contributed by atoms with Crippen LogP contribution in [0.3, 0.4) is 0 Å². The Morgan fingerprint density at radius 1 is 0.760 bits per heavy atom. The van der Waals surface area contributed by atoms with Gasteiger partial charge in [-0.05, 0) is 74.1 Å². The number of rotatable bonds is 6. The standard InChI is InChI=1S/C24H31N/c1-3-9-20(10-4-1)11-5-2-8-16-25-19-21-14-15-24(25)18-23-13-7-6-12-22(23)17-21/h1,3-4,6-7,9-10,12-13,21,24H,2,5,8,11,14-19H2/t21?,24-/m1/s1. The third-order valence-corrected chi connectivity index (χ3v) is 6.25. The predicted octanol–water partition coefficient (Wildman–Crippen LogP) is 5.28. The first-order valence-electron chi connectivity index (χ1n) is 10.2. The minimum atomic E-state index is 0.784. The van der Waals surface area contributed by atoms with Crippen LogP contribution in [0.2, 0.25) is 0 Å². The average Bonchev–Trinajstić information content (AvgIpc) is 2.63. The summed E-state index contributed by atoms with van der Waals surface area (Å²) in [6.45, 7) is 2.63. The fraction of sp³-hybridized carbons (Fsp3) is 0.500. The van der Waals surface area contributed by atoms with Crippen molar-refractivity contribution in [3.63, 3.8) is 0 Å². The van der Waals surface area contributed by atoms with Crippen molar-refractivity contribution in [3.8, 4) is 0 Å². The molecule has 1 saturated heterocycles. The molecule has 1 aliphatic carbocycles. The van der Waals surface area contributed by atoms with Gasteiger partial charge in [0.25, 0.3) is 0 Å². The van der Waals surface area contributed by atoms with Gasteiger partial charge in [0.15, 0.2) is 0 Å². The summed E-state index contributed by atoms with van der Waals surface area (Å²) in [6, 6.07) is 20.9. The maximum absolute atomic E-state index is 2.83. The zero-order valence-electron chi connectivity index (χ0n) is 15.4. The first-order chi connectivity index (χ1) is 12.4. The Kier molecular flexibility index (Phi) is 5.52. The molecule has 2 aliphatic heterocycles. The number of nitrogens with zero attached hydrogens (tertiary/aromatic N) is 1. The van der Waals surface area contributed by atoms with Gasteiger partial charge in [0, 0.05) is 12.6 Å². The molecular formula is C24H31N. The number of piperidine rings is 1. The van der Waals surface area contributed by atoms with E-state index in [0.29, 0.717) is 0 Å². The van der Waals surface area contributed by atoms with Crippen LogP contribution in [-0.4, -0.2) is 24.0 Å². The van der Waals surface area contributed by atoms with E-state index in [2.05, 4.69) is 59.5 Å². The third-order valence-electron chi connectivity index (χ3n) is 6.25. The van der Waals surface area contributed by atoms with Crippen LogP contribution in [0.25, 0.3) is 0 Å². The van der Waals surface area contributed by atoms with E-state index >= 15 is 0 Å². The first kappa shape index (κ1) is 16.8. The highest BCUT2D eigenvalue weighted by Gasteiger charge is 2.31. The average molecular weight is 334 g/mol. The molecule has 2 aromatic rings. The summed E-state index contributed by atoms with van der Waals surface area (Å²) in [4.78, 5) is 2.83. The van der Waals surface area contributed by atoms with Crippen LogP contribution in [-0.2, 0) is 19.3 Å². The second kappa shape index (κ2) is 8.19. The Morgan fingerprint density at radius 2 is 1.52 bits per heavy atom. The molecular weight excluding hydrogens is 302 g/mol. The highest BCUT2D eigenvalue weighted by molar-refractivity contribution is 5.29. The summed E-state index contributed by atoms with van der Waals surface area (Å²) in [5, 5.41) is 0. The molecule has 132 valence electrons. The molecule has 2 atom stereocenters. The molecule has 2 heterocycles. The lowest BCUT2D eigenvalue weighted by atomic mass is 9.80. The van der Waals surface area contributed by atoms with Crippen molar-refractivity contribution in [2.45, 2.75) is 57.4 Å². The molecule has 0 radical (unpaired) electrons. The topological polar surface area (TPSA) is 3.24 Å². The Bertz CT molecular complexity index is 663. The van der Waals surface area contributed by atoms with Crippen molar-refractivity contribution < 1.29 is 0 Å². The van der Waals surface area contributed by atoms with E-state index < -0.39 is 0 Å². The normalized spacial score (nSPS) is 23.0. The number of benzene rings is 2. The van der Waals surface area contributed by atoms with Crippen LogP contribution in [0.15, 0.2) is 54.6 Å². The molecule has 5 rings (SSSR count). The number of hydrogen-bond donors (Lipinski definition) is 0. The van der Waals surface area contributed by atoms with E-state index in [9.17, 15) is 0 Å². The SMILES string of the molecule is c1ccc(CCCCCN2CC3CC[C@@H]2Cc2ccccc2C3)cc1. The second-order valence-corrected chi connectivity index (χ2v) is 8.07. The van der Waals surface area contributed by atoms with Crippen LogP contribution in [0, 0.1) is 5.92 Å². The van der Waals surface area contributed by atoms with Crippen LogP contribution in [0.5, 0.6) is 0 Å². The number of unbranched alkanes of at least 4 members (excludes halogenated alkanes) is 2. The van der Waals surface area contributed by atoms with Gasteiger partial charge < -0.3 is 0 Å². The van der Waals surface area contributed by atoms with E-state index in [1.807, 2.05) is 0 Å². The molecule has 1 fully saturated rings. The number of fused-ring (bicyclic) bond motifs is 2. The van der Waals surface area contributed by atoms with Gasteiger partial charge in [-0.2, -0.15) is 0 Å². The lowest BCUT2D eigenvalue weighted by Gasteiger charge is -2.42. The zero-order chi connectivity index (χ0) is 16.9. The monoisotopic (exact) mass is 333 g/mol. The summed E-state index contributed by atoms with van der Waals surface area (Å²) in [5.41, 5.74) is 4.73. The van der Waals surface area contributed by atoms with Crippen molar-refractivity contribution >= 4 is 0 Å². The van der Waals surface area contributed by atoms with Gasteiger partial charge in [-0.1, -0.05) is 61.0 Å². The fourth-order valence-electron chi connectivity index (χ4n) is 4.84. The van der Waals surface area contributed by atoms with Gasteiger partial charge >= 0.3 is 0 Å². The molecule has 1 unspecified atom stereocenters. The Hall–Kier alpha value is -1.60. The van der Waals surface area contributed by atoms with Crippen molar-refractivity contribution in [1.82, 2.24) is 4.90 Å². The molecule has 0 spiro atoms. The highest BCUT2D eigenvalue weighted by atomic mass is 15.2. The largest absolute Gasteiger partial charge is 0.300 e. The number of hydrogen-bond acceptors (Lipinski definition) is 1. The fourth-order valence-corrected chi connectivity index (χ4v) is 4.84. The lowest BCUT2D eigenvalue weighted by Crippen LogP contribution is -2.46. The molecule has 0 amide bonds. The molecule has 1 heteroatoms. The molecule has 2 bridgehead atoms. The van der Waals surface area contributed by atoms with Crippen LogP contribution in [0.1, 0.15) is 48.8 Å². The predicted molar refractivity (Wildman–Crippen MR) is 106 cm³/mol. The maximum atomic E-state index is 2.83. The lowest BCUT2D eigenvalue weighted by molar-refractivity contribution is 0.0991. The van der Waals surface area contributed by atoms with Crippen molar-refractivity contribution in [1.29, 1.82) is 0 Å². The Labute approximate surface area is 153 Å². The van der Waals surface area contributed by atoms with Gasteiger partial charge in [0.05, 0.1) is 0 Å². The van der Waals surface area contributed by atoms with Gasteiger partial charge in [-0.25, -0.2) is 0 Å². The van der Waals surface area contributed by atoms with Crippen LogP contribution in [0.4, 0.5) is 0 Å². The smallest absolute Gasteiger partial charge is 0.0136 e. The van der Waals surface area contributed by atoms with Gasteiger partial charge in [-0.3, -0.25) is 4.90 Å². The summed E-state index contributed by atoms with van der Waals surface area (Å²) >= 11 is 0. The van der Waals surface area contributed by atoms with E-state index in [4.69, 9.17) is 0 Å². The summed E-state index contributed by atoms with van der Waals surface area (Å²) < 4.78 is 0. The Morgan fingerprint density at radius 3 is 2.36 bits per heavy atom. The van der Waals surface area contributed by atoms with Crippen LogP contribution >= 0.6 is 0 Å². The van der Waals surface area contributed by atoms with Gasteiger partial charge in [0.1, 0.15) is 0 Å². The van der Waals surface area contributed by atoms with Crippen LogP contribution < -0.4 is 0 Å². The van der Waals surface area contributed by atoms with Crippen molar-refractivity contribution in [2.75, 3.05) is 13.1 Å². The maximum Gasteiger partial charge on any atom is 0.0136 e. The van der Waals surface area contributed by atoms with Crippen molar-refractivity contribution in [2.24, 2.45) is 5.92 Å². The highest BCUT2D eigenvalue weighted by Crippen LogP contribution is 2.32. The quantitative estimate of drug-likeness (QED) is 0.650. The molecule has 25 heavy (non-hydrogen) atoms. The van der Waals surface area contributed by atoms with Crippen molar-refractivity contribution in [3.05, 3.63) is 71.3 Å². The molecule has 2 aromatic carbocycles. The first-order valence-corrected chi connectivity index (χ1v) is 10.2. The molecule has 0 aromatic heterocycles. The third kappa shape index (κ3) is 4.33. The molecule has 3 aliphatic rings. The summed E-state index contributed by atoms with van der Waals surface area (Å²) in [7, 11) is 0. The van der Waals surface area contributed by atoms with Gasteiger partial charge in [-0.15, -0.1) is 0 Å². The van der Waals surface area contributed by atoms with E-state index in [0.717, 1.165) is 12.0 Å². The molecule has 0 N–H and O–H groups in total.